The maximum Gasteiger partial charge on any atom is 0.138 e. The number of benzene rings is 1. The number of hydrogen-bond acceptors (Lipinski definition) is 2. The van der Waals surface area contributed by atoms with E-state index in [0.29, 0.717) is 10.8 Å². The van der Waals surface area contributed by atoms with Gasteiger partial charge in [-0.2, -0.15) is 0 Å². The fourth-order valence-corrected chi connectivity index (χ4v) is 1.69. The van der Waals surface area contributed by atoms with Gasteiger partial charge in [-0.25, -0.2) is 4.39 Å². The third-order valence-electron chi connectivity index (χ3n) is 2.20. The van der Waals surface area contributed by atoms with E-state index in [9.17, 15) is 4.39 Å². The summed E-state index contributed by atoms with van der Waals surface area (Å²) >= 11 is 5.82. The molecule has 0 amide bonds. The first-order chi connectivity index (χ1) is 6.75. The Morgan fingerprint density at radius 3 is 2.87 bits per heavy atom. The first kappa shape index (κ1) is 12.6. The summed E-state index contributed by atoms with van der Waals surface area (Å²) < 4.78 is 18.3. The molecule has 1 fully saturated rings. The second-order valence-electron chi connectivity index (χ2n) is 3.31. The van der Waals surface area contributed by atoms with Gasteiger partial charge >= 0.3 is 0 Å². The van der Waals surface area contributed by atoms with E-state index in [1.54, 1.807) is 6.07 Å². The molecule has 1 aromatic carbocycles. The van der Waals surface area contributed by atoms with Crippen LogP contribution in [0.4, 0.5) is 4.39 Å². The van der Waals surface area contributed by atoms with Gasteiger partial charge in [-0.15, -0.1) is 12.4 Å². The minimum absolute atomic E-state index is 0. The summed E-state index contributed by atoms with van der Waals surface area (Å²) in [6, 6.07) is 4.18. The van der Waals surface area contributed by atoms with E-state index in [1.807, 2.05) is 0 Å². The molecule has 0 aliphatic carbocycles. The van der Waals surface area contributed by atoms with Crippen molar-refractivity contribution in [3.05, 3.63) is 29.0 Å². The number of hydrogen-bond donors (Lipinski definition) is 1. The van der Waals surface area contributed by atoms with Gasteiger partial charge in [0.2, 0.25) is 0 Å². The average molecular weight is 252 g/mol. The van der Waals surface area contributed by atoms with Crippen LogP contribution in [0.3, 0.4) is 0 Å². The lowest BCUT2D eigenvalue weighted by atomic mass is 10.3. The van der Waals surface area contributed by atoms with Crippen LogP contribution in [-0.4, -0.2) is 19.2 Å². The number of ether oxygens (including phenoxy) is 1. The number of halogens is 3. The highest BCUT2D eigenvalue weighted by atomic mass is 35.5. The lowest BCUT2D eigenvalue weighted by Gasteiger charge is -2.13. The van der Waals surface area contributed by atoms with E-state index < -0.39 is 0 Å². The Morgan fingerprint density at radius 1 is 1.47 bits per heavy atom. The Hall–Kier alpha value is -0.510. The van der Waals surface area contributed by atoms with Crippen LogP contribution in [0.15, 0.2) is 18.2 Å². The molecule has 1 saturated heterocycles. The second-order valence-corrected chi connectivity index (χ2v) is 3.71. The molecule has 0 saturated carbocycles. The Morgan fingerprint density at radius 2 is 2.27 bits per heavy atom. The molecule has 1 unspecified atom stereocenters. The molecule has 1 aromatic rings. The van der Waals surface area contributed by atoms with Crippen molar-refractivity contribution in [3.63, 3.8) is 0 Å². The van der Waals surface area contributed by atoms with E-state index >= 15 is 0 Å². The van der Waals surface area contributed by atoms with Gasteiger partial charge in [-0.1, -0.05) is 11.6 Å². The molecule has 0 bridgehead atoms. The molecule has 0 spiro atoms. The van der Waals surface area contributed by atoms with Gasteiger partial charge in [0.15, 0.2) is 0 Å². The smallest absolute Gasteiger partial charge is 0.138 e. The Bertz CT molecular complexity index is 329. The Kier molecular flexibility index (Phi) is 4.64. The predicted molar refractivity (Wildman–Crippen MR) is 60.6 cm³/mol. The zero-order valence-corrected chi connectivity index (χ0v) is 9.58. The Balaban J connectivity index is 0.00000112. The van der Waals surface area contributed by atoms with E-state index in [0.717, 1.165) is 19.5 Å². The van der Waals surface area contributed by atoms with Crippen LogP contribution < -0.4 is 10.1 Å². The van der Waals surface area contributed by atoms with Gasteiger partial charge in [0.25, 0.3) is 0 Å². The topological polar surface area (TPSA) is 21.3 Å². The quantitative estimate of drug-likeness (QED) is 0.873. The molecule has 2 rings (SSSR count). The van der Waals surface area contributed by atoms with Gasteiger partial charge in [0.1, 0.15) is 17.7 Å². The van der Waals surface area contributed by atoms with Gasteiger partial charge in [0.05, 0.1) is 5.02 Å². The molecule has 1 aliphatic rings. The summed E-state index contributed by atoms with van der Waals surface area (Å²) in [5, 5.41) is 3.51. The van der Waals surface area contributed by atoms with Crippen LogP contribution in [0.25, 0.3) is 0 Å². The highest BCUT2D eigenvalue weighted by molar-refractivity contribution is 6.32. The van der Waals surface area contributed by atoms with E-state index in [2.05, 4.69) is 5.32 Å². The van der Waals surface area contributed by atoms with Crippen molar-refractivity contribution in [3.8, 4) is 5.75 Å². The summed E-state index contributed by atoms with van der Waals surface area (Å²) in [6.45, 7) is 1.79. The largest absolute Gasteiger partial charge is 0.487 e. The van der Waals surface area contributed by atoms with Crippen molar-refractivity contribution < 1.29 is 9.13 Å². The molecule has 1 aliphatic heterocycles. The Labute approximate surface area is 99.2 Å². The first-order valence-corrected chi connectivity index (χ1v) is 4.96. The standard InChI is InChI=1S/C10H11ClFNO.ClH/c11-9-5-7(12)1-2-10(9)14-8-3-4-13-6-8;/h1-2,5,8,13H,3-4,6H2;1H. The maximum atomic E-state index is 12.7. The number of nitrogens with one attached hydrogen (secondary N) is 1. The number of rotatable bonds is 2. The first-order valence-electron chi connectivity index (χ1n) is 4.58. The van der Waals surface area contributed by atoms with Crippen LogP contribution in [0.1, 0.15) is 6.42 Å². The van der Waals surface area contributed by atoms with E-state index in [1.165, 1.54) is 12.1 Å². The van der Waals surface area contributed by atoms with Crippen LogP contribution in [-0.2, 0) is 0 Å². The zero-order valence-electron chi connectivity index (χ0n) is 8.00. The van der Waals surface area contributed by atoms with Crippen LogP contribution >= 0.6 is 24.0 Å². The van der Waals surface area contributed by atoms with Gasteiger partial charge < -0.3 is 10.1 Å². The molecule has 2 nitrogen and oxygen atoms in total. The van der Waals surface area contributed by atoms with Crippen molar-refractivity contribution in [2.75, 3.05) is 13.1 Å². The molecule has 1 N–H and O–H groups in total. The average Bonchev–Trinajstić information content (AvgIpc) is 2.62. The summed E-state index contributed by atoms with van der Waals surface area (Å²) in [4.78, 5) is 0. The monoisotopic (exact) mass is 251 g/mol. The fraction of sp³-hybridized carbons (Fsp3) is 0.400. The minimum Gasteiger partial charge on any atom is -0.487 e. The molecule has 1 heterocycles. The lowest BCUT2D eigenvalue weighted by Crippen LogP contribution is -2.19. The fourth-order valence-electron chi connectivity index (χ4n) is 1.48. The van der Waals surface area contributed by atoms with Crippen molar-refractivity contribution in [2.45, 2.75) is 12.5 Å². The molecule has 1 atom stereocenters. The van der Waals surface area contributed by atoms with Crippen molar-refractivity contribution in [1.82, 2.24) is 5.32 Å². The molecule has 0 radical (unpaired) electrons. The lowest BCUT2D eigenvalue weighted by molar-refractivity contribution is 0.223. The molecular formula is C10H12Cl2FNO. The van der Waals surface area contributed by atoms with E-state index in [-0.39, 0.29) is 24.3 Å². The maximum absolute atomic E-state index is 12.7. The normalized spacial score (nSPS) is 19.7. The highest BCUT2D eigenvalue weighted by Gasteiger charge is 2.17. The van der Waals surface area contributed by atoms with Gasteiger partial charge in [-0.3, -0.25) is 0 Å². The summed E-state index contributed by atoms with van der Waals surface area (Å²) in [7, 11) is 0. The van der Waals surface area contributed by atoms with Crippen LogP contribution in [0.5, 0.6) is 5.75 Å². The highest BCUT2D eigenvalue weighted by Crippen LogP contribution is 2.26. The molecule has 0 aromatic heterocycles. The van der Waals surface area contributed by atoms with Crippen molar-refractivity contribution in [2.24, 2.45) is 0 Å². The van der Waals surface area contributed by atoms with Crippen molar-refractivity contribution in [1.29, 1.82) is 0 Å². The van der Waals surface area contributed by atoms with E-state index in [4.69, 9.17) is 16.3 Å². The SMILES string of the molecule is Cl.Fc1ccc(OC2CCNC2)c(Cl)c1. The molecule has 5 heteroatoms. The van der Waals surface area contributed by atoms with Gasteiger partial charge in [-0.05, 0) is 31.2 Å². The molecule has 84 valence electrons. The van der Waals surface area contributed by atoms with Crippen LogP contribution in [0, 0.1) is 5.82 Å². The third kappa shape index (κ3) is 3.23. The van der Waals surface area contributed by atoms with Crippen molar-refractivity contribution >= 4 is 24.0 Å². The summed E-state index contributed by atoms with van der Waals surface area (Å²) in [5.74, 6) is 0.216. The predicted octanol–water partition coefficient (Wildman–Crippen LogP) is 2.64. The minimum atomic E-state index is -0.341. The molecular weight excluding hydrogens is 240 g/mol. The summed E-state index contributed by atoms with van der Waals surface area (Å²) in [6.07, 6.45) is 1.12. The second kappa shape index (κ2) is 5.54. The molecule has 15 heavy (non-hydrogen) atoms. The summed E-state index contributed by atoms with van der Waals surface area (Å²) in [5.41, 5.74) is 0. The van der Waals surface area contributed by atoms with Gasteiger partial charge in [0, 0.05) is 6.54 Å². The third-order valence-corrected chi connectivity index (χ3v) is 2.50. The van der Waals surface area contributed by atoms with Crippen LogP contribution in [0.2, 0.25) is 5.02 Å². The zero-order chi connectivity index (χ0) is 9.97.